The van der Waals surface area contributed by atoms with Crippen molar-refractivity contribution in [1.82, 2.24) is 73.4 Å². The van der Waals surface area contributed by atoms with Crippen molar-refractivity contribution in [3.63, 3.8) is 0 Å². The number of amides is 13. The van der Waals surface area contributed by atoms with Gasteiger partial charge in [-0.05, 0) is 144 Å². The molecule has 1 aromatic heterocycles. The Labute approximate surface area is 753 Å². The third-order valence-corrected chi connectivity index (χ3v) is 23.6. The van der Waals surface area contributed by atoms with Gasteiger partial charge < -0.3 is 102 Å². The van der Waals surface area contributed by atoms with Crippen molar-refractivity contribution in [3.8, 4) is 0 Å². The molecular formula is C92H145N21O13S. The smallest absolute Gasteiger partial charge is 0.264 e. The second-order valence-electron chi connectivity index (χ2n) is 33.6. The fourth-order valence-corrected chi connectivity index (χ4v) is 16.2. The monoisotopic (exact) mass is 1780 g/mol. The second-order valence-corrected chi connectivity index (χ2v) is 34.6. The number of fused-ring (bicyclic) bond motifs is 1. The number of H-pyrrole nitrogens is 1. The van der Waals surface area contributed by atoms with Crippen LogP contribution in [0.25, 0.3) is 10.9 Å². The van der Waals surface area contributed by atoms with E-state index >= 15 is 19.2 Å². The molecule has 3 aromatic carbocycles. The van der Waals surface area contributed by atoms with E-state index in [1.165, 1.54) is 86.8 Å². The van der Waals surface area contributed by atoms with Crippen LogP contribution in [-0.4, -0.2) is 229 Å². The minimum Gasteiger partial charge on any atom is -0.370 e. The number of para-hydroxylation sites is 1. The average Bonchev–Trinajstić information content (AvgIpc) is 1.71. The Morgan fingerprint density at radius 2 is 0.992 bits per heavy atom. The van der Waals surface area contributed by atoms with Crippen molar-refractivity contribution < 1.29 is 62.3 Å². The van der Waals surface area contributed by atoms with Crippen LogP contribution < -0.4 is 87.3 Å². The van der Waals surface area contributed by atoms with Gasteiger partial charge in [0.2, 0.25) is 70.9 Å². The summed E-state index contributed by atoms with van der Waals surface area (Å²) in [5.41, 5.74) is 34.7. The number of aromatic nitrogens is 1. The van der Waals surface area contributed by atoms with Crippen molar-refractivity contribution in [2.75, 3.05) is 64.4 Å². The van der Waals surface area contributed by atoms with Crippen LogP contribution in [0.5, 0.6) is 0 Å². The van der Waals surface area contributed by atoms with E-state index in [-0.39, 0.29) is 102 Å². The van der Waals surface area contributed by atoms with Gasteiger partial charge in [-0.15, -0.1) is 0 Å². The van der Waals surface area contributed by atoms with Crippen LogP contribution >= 0.6 is 11.8 Å². The van der Waals surface area contributed by atoms with Gasteiger partial charge in [0.25, 0.3) is 5.91 Å². The first-order valence-electron chi connectivity index (χ1n) is 46.0. The van der Waals surface area contributed by atoms with Gasteiger partial charge in [0, 0.05) is 82.1 Å². The third-order valence-electron chi connectivity index (χ3n) is 23.0. The van der Waals surface area contributed by atoms with Gasteiger partial charge in [0.05, 0.1) is 6.04 Å². The number of aliphatic imine (C=N–C) groups is 1. The van der Waals surface area contributed by atoms with Gasteiger partial charge in [-0.3, -0.25) is 67.3 Å². The van der Waals surface area contributed by atoms with Crippen LogP contribution in [0.3, 0.4) is 0 Å². The number of benzene rings is 3. The van der Waals surface area contributed by atoms with Crippen LogP contribution in [0.15, 0.2) is 101 Å². The van der Waals surface area contributed by atoms with Crippen molar-refractivity contribution in [2.24, 2.45) is 44.7 Å². The lowest BCUT2D eigenvalue weighted by molar-refractivity contribution is -0.143. The maximum atomic E-state index is 15.5. The lowest BCUT2D eigenvalue weighted by Crippen LogP contribution is -2.61. The summed E-state index contributed by atoms with van der Waals surface area (Å²) >= 11 is 1.54. The van der Waals surface area contributed by atoms with Crippen molar-refractivity contribution in [2.45, 2.75) is 293 Å². The first kappa shape index (κ1) is 105. The van der Waals surface area contributed by atoms with E-state index in [2.05, 4.69) is 80.6 Å². The largest absolute Gasteiger partial charge is 0.370 e. The molecule has 0 unspecified atom stereocenters. The Morgan fingerprint density at radius 3 is 1.57 bits per heavy atom. The molecule has 2 saturated heterocycles. The quantitative estimate of drug-likeness (QED) is 0.0123. The first-order valence-corrected chi connectivity index (χ1v) is 47.4. The molecule has 6 rings (SSSR count). The summed E-state index contributed by atoms with van der Waals surface area (Å²) in [6, 6.07) is 13.0. The van der Waals surface area contributed by atoms with Crippen molar-refractivity contribution in [1.29, 1.82) is 0 Å². The van der Waals surface area contributed by atoms with E-state index in [0.717, 1.165) is 36.4 Å². The number of likely N-dealkylation sites (tertiary alicyclic amines) is 2. The fraction of sp³-hybridized carbons (Fsp3) is 0.620. The maximum absolute atomic E-state index is 15.5. The van der Waals surface area contributed by atoms with Gasteiger partial charge in [-0.25, -0.2) is 0 Å². The lowest BCUT2D eigenvalue weighted by atomic mass is 10.00. The molecule has 13 amide bonds. The molecule has 0 spiro atoms. The summed E-state index contributed by atoms with van der Waals surface area (Å²) in [5, 5.41) is 32.9. The zero-order valence-electron chi connectivity index (χ0n) is 75.2. The van der Waals surface area contributed by atoms with Gasteiger partial charge in [0.15, 0.2) is 5.96 Å². The van der Waals surface area contributed by atoms with E-state index in [9.17, 15) is 43.2 Å². The molecule has 0 saturated carbocycles. The standard InChI is InChI=1S/C92H145N21O13S/c1-5-6-7-8-9-10-11-12-13-14-15-16-17-18-25-47-78(114)98-52-35-53-100-80(116)62-104-103-61-79(115)99-50-31-29-42-70(82(95)117)105-89(124)81(63(2)3)111-88(123)77-46-34-55-113(77)91(126)72(43-28-30-49-93)107-85(120)73(57-64-36-21-19-22-37-64)108-86(121)75(59-66-60-102-69-41-27-26-40-67(66)69)109-83(118)71(44-32-51-101-92(96)97)106-84(119)74(58-65-38-23-20-24-39-65)110-87(122)76-45-33-54-112(76)90(125)68(94)48-56-127-4/h19-24,26-27,36-41,60,62-63,68,70-77,81,102-103H,5-18,25,28-35,42-59,61,93-94H2,1-4H3,(H2,95,117)(H,98,114)(H,99,115)(H,100,116)(H,105,124)(H,106,119)(H,107,120)(H,108,121)(H,109,118)(H,110,122)(H,111,123)(H4,96,97,101)/b104-62+/t68-,70-,71-,72-,73-,74+,75+,76-,77-,81-/m0/s1. The van der Waals surface area contributed by atoms with E-state index in [1.807, 2.05) is 30.5 Å². The zero-order chi connectivity index (χ0) is 92.1. The normalized spacial score (nSPS) is 15.6. The summed E-state index contributed by atoms with van der Waals surface area (Å²) in [6.45, 7) is 7.05. The highest BCUT2D eigenvalue weighted by atomic mass is 32.2. The highest BCUT2D eigenvalue weighted by Crippen LogP contribution is 2.25. The zero-order valence-corrected chi connectivity index (χ0v) is 76.0. The second kappa shape index (κ2) is 60.1. The number of carbonyl (C=O) groups excluding carboxylic acids is 13. The Kier molecular flexibility index (Phi) is 49.8. The highest BCUT2D eigenvalue weighted by molar-refractivity contribution is 7.98. The number of unbranched alkanes of at least 4 members (excludes halogenated alkanes) is 16. The number of rotatable bonds is 64. The predicted octanol–water partition coefficient (Wildman–Crippen LogP) is 4.72. The lowest BCUT2D eigenvalue weighted by Gasteiger charge is -2.32. The Bertz CT molecular complexity index is 4120. The van der Waals surface area contributed by atoms with Crippen LogP contribution in [0.1, 0.15) is 230 Å². The highest BCUT2D eigenvalue weighted by Gasteiger charge is 2.42. The Hall–Kier alpha value is -10.7. The Balaban J connectivity index is 1.04. The topological polar surface area (TPSA) is 531 Å². The Morgan fingerprint density at radius 1 is 0.504 bits per heavy atom. The van der Waals surface area contributed by atoms with Gasteiger partial charge in [-0.1, -0.05) is 190 Å². The molecule has 2 fully saturated rings. The summed E-state index contributed by atoms with van der Waals surface area (Å²) in [6.07, 6.45) is 27.9. The van der Waals surface area contributed by atoms with Gasteiger partial charge >= 0.3 is 0 Å². The minimum atomic E-state index is -1.46. The minimum absolute atomic E-state index is 0.00354. The number of nitrogens with zero attached hydrogens (tertiary/aromatic N) is 4. The maximum Gasteiger partial charge on any atom is 0.264 e. The molecule has 0 bridgehead atoms. The number of hydrogen-bond donors (Lipinski definition) is 17. The number of hydrogen-bond acceptors (Lipinski definition) is 19. The van der Waals surface area contributed by atoms with Crippen LogP contribution in [0.4, 0.5) is 0 Å². The van der Waals surface area contributed by atoms with Gasteiger partial charge in [0.1, 0.15) is 67.1 Å². The van der Waals surface area contributed by atoms with E-state index < -0.39 is 131 Å². The summed E-state index contributed by atoms with van der Waals surface area (Å²) < 4.78 is 0. The molecule has 4 aromatic rings. The van der Waals surface area contributed by atoms with Gasteiger partial charge in [-0.2, -0.15) is 16.9 Å². The van der Waals surface area contributed by atoms with E-state index in [1.54, 1.807) is 92.5 Å². The number of hydrazone groups is 1. The van der Waals surface area contributed by atoms with Crippen molar-refractivity contribution >= 4 is 112 Å². The molecule has 2 aliphatic heterocycles. The summed E-state index contributed by atoms with van der Waals surface area (Å²) in [7, 11) is 0. The number of thioether (sulfide) groups is 1. The molecule has 2 aliphatic rings. The first-order chi connectivity index (χ1) is 61.3. The molecule has 10 atom stereocenters. The molecule has 127 heavy (non-hydrogen) atoms. The summed E-state index contributed by atoms with van der Waals surface area (Å²) in [5.74, 6) is -7.93. The average molecular weight is 1790 g/mol. The fourth-order valence-electron chi connectivity index (χ4n) is 15.8. The van der Waals surface area contributed by atoms with E-state index in [4.69, 9.17) is 28.7 Å². The molecule has 3 heterocycles. The molecule has 0 radical (unpaired) electrons. The van der Waals surface area contributed by atoms with E-state index in [0.29, 0.717) is 106 Å². The number of nitrogens with two attached hydrogens (primary N) is 5. The number of aromatic amines is 1. The van der Waals surface area contributed by atoms with Crippen LogP contribution in [0.2, 0.25) is 0 Å². The molecule has 34 nitrogen and oxygen atoms in total. The van der Waals surface area contributed by atoms with Crippen molar-refractivity contribution in [3.05, 3.63) is 108 Å². The number of carbonyl (C=O) groups is 13. The molecule has 35 heteroatoms. The molecule has 22 N–H and O–H groups in total. The summed E-state index contributed by atoms with van der Waals surface area (Å²) in [4.78, 5) is 193. The van der Waals surface area contributed by atoms with Crippen LogP contribution in [-0.2, 0) is 81.6 Å². The molecular weight excluding hydrogens is 1640 g/mol. The third kappa shape index (κ3) is 39.6. The SMILES string of the molecule is CCCCCCCCCCCCCCCCCC(=O)NCCCNC(=O)/C=N/NCC(=O)NCCCC[C@H](NC(=O)[C@@H](NC(=O)[C@@H]1CCCN1C(=O)[C@H](CCCCN)NC(=O)[C@H](Cc1ccccc1)NC(=O)[C@@H](Cc1c[nH]c2ccccc12)NC(=O)[C@H](CCCN=C(N)N)NC(=O)[C@@H](Cc1ccccc1)NC(=O)[C@@H]1CCCN1C(=O)[C@@H](N)CCSC)C(C)C)C(N)=O. The molecule has 702 valence electrons. The predicted molar refractivity (Wildman–Crippen MR) is 497 cm³/mol. The van der Waals surface area contributed by atoms with Crippen LogP contribution in [0, 0.1) is 5.92 Å². The number of nitrogens with one attached hydrogen (secondary N) is 12. The number of primary amides is 1. The number of guanidine groups is 1. The molecule has 0 aliphatic carbocycles.